The fourth-order valence-electron chi connectivity index (χ4n) is 2.86. The molecule has 0 aromatic heterocycles. The molecule has 0 heterocycles. The second kappa shape index (κ2) is 2.81. The molecule has 2 heteroatoms. The van der Waals surface area contributed by atoms with E-state index >= 15 is 0 Å². The van der Waals surface area contributed by atoms with E-state index in [0.717, 1.165) is 24.3 Å². The van der Waals surface area contributed by atoms with Crippen LogP contribution in [0.25, 0.3) is 0 Å². The van der Waals surface area contributed by atoms with Crippen molar-refractivity contribution in [3.8, 4) is 0 Å². The normalized spacial score (nSPS) is 37.7. The smallest absolute Gasteiger partial charge is 0.119 e. The predicted molar refractivity (Wildman–Crippen MR) is 50.1 cm³/mol. The Balaban J connectivity index is 2.18. The van der Waals surface area contributed by atoms with Crippen LogP contribution >= 0.6 is 0 Å². The maximum absolute atomic E-state index is 12.3. The molecule has 3 aliphatic carbocycles. The molecule has 1 nitrogen and oxygen atoms in total. The Morgan fingerprint density at radius 3 is 2.85 bits per heavy atom. The Bertz CT molecular complexity index is 244. The van der Waals surface area contributed by atoms with Gasteiger partial charge in [-0.3, -0.25) is 0 Å². The lowest BCUT2D eigenvalue weighted by molar-refractivity contribution is -0.0236. The van der Waals surface area contributed by atoms with Gasteiger partial charge in [-0.1, -0.05) is 19.9 Å². The second-order valence-corrected chi connectivity index (χ2v) is 4.92. The van der Waals surface area contributed by atoms with Crippen LogP contribution in [0.3, 0.4) is 0 Å². The summed E-state index contributed by atoms with van der Waals surface area (Å²) in [6.45, 7) is 3.82. The molecule has 0 radical (unpaired) electrons. The highest BCUT2D eigenvalue weighted by Gasteiger charge is 2.52. The quantitative estimate of drug-likeness (QED) is 0.653. The molecule has 0 aliphatic heterocycles. The third-order valence-electron chi connectivity index (χ3n) is 4.04. The van der Waals surface area contributed by atoms with E-state index in [1.807, 2.05) is 6.08 Å². The van der Waals surface area contributed by atoms with E-state index in [0.29, 0.717) is 11.3 Å². The summed E-state index contributed by atoms with van der Waals surface area (Å²) in [5.74, 6) is 1.19. The number of hydrogen-bond donors (Lipinski definition) is 1. The molecule has 2 bridgehead atoms. The highest BCUT2D eigenvalue weighted by atomic mass is 19.1. The van der Waals surface area contributed by atoms with Crippen LogP contribution in [0.2, 0.25) is 0 Å². The third kappa shape index (κ3) is 1.15. The third-order valence-corrected chi connectivity index (χ3v) is 4.04. The SMILES string of the molecule is CC1(C)C2CC=C(C(O)CF)C1C2. The molecule has 74 valence electrons. The predicted octanol–water partition coefficient (Wildman–Crippen LogP) is 2.31. The second-order valence-electron chi connectivity index (χ2n) is 4.92. The van der Waals surface area contributed by atoms with Crippen molar-refractivity contribution in [2.45, 2.75) is 32.8 Å². The van der Waals surface area contributed by atoms with Crippen LogP contribution in [0.4, 0.5) is 4.39 Å². The summed E-state index contributed by atoms with van der Waals surface area (Å²) in [6, 6.07) is 0. The van der Waals surface area contributed by atoms with E-state index < -0.39 is 12.8 Å². The summed E-state index contributed by atoms with van der Waals surface area (Å²) in [7, 11) is 0. The Kier molecular flexibility index (Phi) is 1.99. The van der Waals surface area contributed by atoms with Gasteiger partial charge in [0.1, 0.15) is 12.8 Å². The first kappa shape index (κ1) is 9.20. The van der Waals surface area contributed by atoms with Gasteiger partial charge < -0.3 is 5.11 Å². The van der Waals surface area contributed by atoms with Crippen molar-refractivity contribution in [1.82, 2.24) is 0 Å². The molecule has 3 aliphatic rings. The molecule has 3 unspecified atom stereocenters. The van der Waals surface area contributed by atoms with E-state index in [1.54, 1.807) is 0 Å². The average Bonchev–Trinajstić information content (AvgIpc) is 2.16. The number of alkyl halides is 1. The van der Waals surface area contributed by atoms with Crippen LogP contribution in [0, 0.1) is 17.3 Å². The van der Waals surface area contributed by atoms with Crippen molar-refractivity contribution in [2.75, 3.05) is 6.67 Å². The molecule has 3 atom stereocenters. The fourth-order valence-corrected chi connectivity index (χ4v) is 2.86. The van der Waals surface area contributed by atoms with Gasteiger partial charge >= 0.3 is 0 Å². The first-order chi connectivity index (χ1) is 6.07. The Morgan fingerprint density at radius 2 is 2.38 bits per heavy atom. The monoisotopic (exact) mass is 184 g/mol. The first-order valence-electron chi connectivity index (χ1n) is 5.01. The summed E-state index contributed by atoms with van der Waals surface area (Å²) in [6.07, 6.45) is 3.38. The van der Waals surface area contributed by atoms with Crippen molar-refractivity contribution in [3.63, 3.8) is 0 Å². The minimum atomic E-state index is -0.842. The topological polar surface area (TPSA) is 20.2 Å². The van der Waals surface area contributed by atoms with Crippen LogP contribution < -0.4 is 0 Å². The number of halogens is 1. The summed E-state index contributed by atoms with van der Waals surface area (Å²) in [4.78, 5) is 0. The molecule has 1 N–H and O–H groups in total. The van der Waals surface area contributed by atoms with Crippen molar-refractivity contribution in [2.24, 2.45) is 17.3 Å². The Hall–Kier alpha value is -0.370. The van der Waals surface area contributed by atoms with E-state index in [9.17, 15) is 9.50 Å². The van der Waals surface area contributed by atoms with Crippen LogP contribution in [-0.2, 0) is 0 Å². The lowest BCUT2D eigenvalue weighted by Crippen LogP contribution is -2.50. The number of aliphatic hydroxyl groups is 1. The zero-order chi connectivity index (χ0) is 9.64. The molecule has 1 fully saturated rings. The number of allylic oxidation sites excluding steroid dienone is 1. The Labute approximate surface area is 78.6 Å². The molecule has 0 aromatic rings. The van der Waals surface area contributed by atoms with Gasteiger partial charge in [0.05, 0.1) is 0 Å². The van der Waals surface area contributed by atoms with E-state index in [1.165, 1.54) is 0 Å². The Morgan fingerprint density at radius 1 is 1.69 bits per heavy atom. The number of aliphatic hydroxyl groups excluding tert-OH is 1. The molecule has 0 aromatic carbocycles. The van der Waals surface area contributed by atoms with Gasteiger partial charge in [0.25, 0.3) is 0 Å². The van der Waals surface area contributed by atoms with Crippen molar-refractivity contribution >= 4 is 0 Å². The summed E-state index contributed by atoms with van der Waals surface area (Å²) < 4.78 is 12.3. The standard InChI is InChI=1S/C11H17FO/c1-11(2)7-3-4-8(9(11)5-7)10(13)6-12/h4,7,9-10,13H,3,5-6H2,1-2H3. The zero-order valence-electron chi connectivity index (χ0n) is 8.26. The summed E-state index contributed by atoms with van der Waals surface area (Å²) in [5, 5.41) is 9.47. The molecule has 0 spiro atoms. The number of fused-ring (bicyclic) bond motifs is 1. The number of rotatable bonds is 2. The first-order valence-corrected chi connectivity index (χ1v) is 5.01. The molecule has 13 heavy (non-hydrogen) atoms. The average molecular weight is 184 g/mol. The molecular formula is C11H17FO. The van der Waals surface area contributed by atoms with Gasteiger partial charge in [-0.25, -0.2) is 4.39 Å². The molecular weight excluding hydrogens is 167 g/mol. The molecule has 3 rings (SSSR count). The molecule has 1 saturated carbocycles. The van der Waals surface area contributed by atoms with Crippen LogP contribution in [0.1, 0.15) is 26.7 Å². The van der Waals surface area contributed by atoms with E-state index in [2.05, 4.69) is 13.8 Å². The lowest BCUT2D eigenvalue weighted by atomic mass is 9.48. The van der Waals surface area contributed by atoms with Crippen molar-refractivity contribution in [3.05, 3.63) is 11.6 Å². The minimum Gasteiger partial charge on any atom is -0.386 e. The van der Waals surface area contributed by atoms with E-state index in [4.69, 9.17) is 0 Å². The van der Waals surface area contributed by atoms with Crippen LogP contribution in [-0.4, -0.2) is 17.9 Å². The zero-order valence-corrected chi connectivity index (χ0v) is 8.26. The lowest BCUT2D eigenvalue weighted by Gasteiger charge is -2.57. The van der Waals surface area contributed by atoms with Crippen molar-refractivity contribution < 1.29 is 9.50 Å². The van der Waals surface area contributed by atoms with Crippen LogP contribution in [0.5, 0.6) is 0 Å². The maximum atomic E-state index is 12.3. The fraction of sp³-hybridized carbons (Fsp3) is 0.818. The van der Waals surface area contributed by atoms with Gasteiger partial charge in [0, 0.05) is 0 Å². The van der Waals surface area contributed by atoms with Gasteiger partial charge in [-0.05, 0) is 35.7 Å². The van der Waals surface area contributed by atoms with Gasteiger partial charge in [-0.15, -0.1) is 0 Å². The molecule has 0 amide bonds. The largest absolute Gasteiger partial charge is 0.386 e. The number of hydrogen-bond acceptors (Lipinski definition) is 1. The van der Waals surface area contributed by atoms with Crippen LogP contribution in [0.15, 0.2) is 11.6 Å². The van der Waals surface area contributed by atoms with Gasteiger partial charge in [0.15, 0.2) is 0 Å². The summed E-state index contributed by atoms with van der Waals surface area (Å²) in [5.41, 5.74) is 1.25. The minimum absolute atomic E-state index is 0.292. The summed E-state index contributed by atoms with van der Waals surface area (Å²) >= 11 is 0. The van der Waals surface area contributed by atoms with E-state index in [-0.39, 0.29) is 0 Å². The van der Waals surface area contributed by atoms with Gasteiger partial charge in [0.2, 0.25) is 0 Å². The van der Waals surface area contributed by atoms with Gasteiger partial charge in [-0.2, -0.15) is 0 Å². The maximum Gasteiger partial charge on any atom is 0.119 e. The van der Waals surface area contributed by atoms with Crippen molar-refractivity contribution in [1.29, 1.82) is 0 Å². The highest BCUT2D eigenvalue weighted by Crippen LogP contribution is 2.59. The molecule has 0 saturated heterocycles. The highest BCUT2D eigenvalue weighted by molar-refractivity contribution is 5.26.